The van der Waals surface area contributed by atoms with Crippen molar-refractivity contribution in [3.05, 3.63) is 119 Å². The van der Waals surface area contributed by atoms with Gasteiger partial charge in [0.15, 0.2) is 11.5 Å². The molecule has 36 heavy (non-hydrogen) atoms. The summed E-state index contributed by atoms with van der Waals surface area (Å²) in [5, 5.41) is 0. The molecule has 1 heterocycles. The molecule has 5 nitrogen and oxygen atoms in total. The lowest BCUT2D eigenvalue weighted by Crippen LogP contribution is -2.35. The number of rotatable bonds is 4. The Labute approximate surface area is 209 Å². The van der Waals surface area contributed by atoms with E-state index >= 15 is 0 Å². The molecule has 0 fully saturated rings. The molecule has 178 valence electrons. The fourth-order valence-electron chi connectivity index (χ4n) is 5.29. The molecule has 1 aliphatic carbocycles. The van der Waals surface area contributed by atoms with Crippen LogP contribution in [0.4, 0.5) is 0 Å². The Balaban J connectivity index is 1.50. The van der Waals surface area contributed by atoms with Crippen molar-refractivity contribution in [2.45, 2.75) is 18.9 Å². The molecule has 2 aliphatic rings. The van der Waals surface area contributed by atoms with E-state index in [2.05, 4.69) is 30.1 Å². The summed E-state index contributed by atoms with van der Waals surface area (Å²) >= 11 is 0. The molecule has 0 saturated heterocycles. The third-order valence-electron chi connectivity index (χ3n) is 7.10. The Kier molecular flexibility index (Phi) is 5.62. The maximum atomic E-state index is 13.2. The molecule has 0 amide bonds. The Bertz CT molecular complexity index is 1460. The lowest BCUT2D eigenvalue weighted by atomic mass is 9.77. The number of fused-ring (bicyclic) bond motifs is 2. The highest BCUT2D eigenvalue weighted by Crippen LogP contribution is 2.51. The topological polar surface area (TPSA) is 55.8 Å². The van der Waals surface area contributed by atoms with Gasteiger partial charge in [-0.2, -0.15) is 0 Å². The second-order valence-electron chi connectivity index (χ2n) is 9.27. The Morgan fingerprint density at radius 3 is 2.11 bits per heavy atom. The van der Waals surface area contributed by atoms with Gasteiger partial charge in [0.2, 0.25) is 0 Å². The lowest BCUT2D eigenvalue weighted by Gasteiger charge is -2.40. The van der Waals surface area contributed by atoms with Gasteiger partial charge in [-0.05, 0) is 72.5 Å². The molecule has 0 aromatic heterocycles. The lowest BCUT2D eigenvalue weighted by molar-refractivity contribution is 0.0683. The maximum Gasteiger partial charge on any atom is 0.343 e. The Morgan fingerprint density at radius 1 is 0.750 bits per heavy atom. The molecule has 0 radical (unpaired) electrons. The number of carbonyl (C=O) groups is 2. The monoisotopic (exact) mass is 475 g/mol. The van der Waals surface area contributed by atoms with Crippen LogP contribution in [0.2, 0.25) is 0 Å². The highest BCUT2D eigenvalue weighted by atomic mass is 16.6. The quantitative estimate of drug-likeness (QED) is 0.273. The normalized spacial score (nSPS) is 16.0. The first-order valence-corrected chi connectivity index (χ1v) is 12.1. The summed E-state index contributed by atoms with van der Waals surface area (Å²) in [6.45, 7) is 0.999. The Hall–Kier alpha value is -4.22. The summed E-state index contributed by atoms with van der Waals surface area (Å²) in [5.41, 5.74) is 6.34. The largest absolute Gasteiger partial charge is 0.419 e. The molecule has 0 bridgehead atoms. The van der Waals surface area contributed by atoms with Crippen molar-refractivity contribution >= 4 is 11.9 Å². The van der Waals surface area contributed by atoms with E-state index in [4.69, 9.17) is 9.47 Å². The van der Waals surface area contributed by atoms with Crippen molar-refractivity contribution in [1.82, 2.24) is 4.90 Å². The zero-order valence-electron chi connectivity index (χ0n) is 19.9. The second-order valence-corrected chi connectivity index (χ2v) is 9.27. The van der Waals surface area contributed by atoms with Crippen LogP contribution in [0.15, 0.2) is 91.0 Å². The van der Waals surface area contributed by atoms with Crippen molar-refractivity contribution in [2.75, 3.05) is 13.6 Å². The number of hydrogen-bond donors (Lipinski definition) is 0. The van der Waals surface area contributed by atoms with E-state index in [-0.39, 0.29) is 17.5 Å². The second kappa shape index (κ2) is 9.10. The number of esters is 2. The van der Waals surface area contributed by atoms with Gasteiger partial charge in [0, 0.05) is 18.2 Å². The van der Waals surface area contributed by atoms with Crippen molar-refractivity contribution in [3.63, 3.8) is 0 Å². The summed E-state index contributed by atoms with van der Waals surface area (Å²) in [6.07, 6.45) is 1.76. The van der Waals surface area contributed by atoms with E-state index in [1.165, 1.54) is 11.1 Å². The highest BCUT2D eigenvalue weighted by Gasteiger charge is 2.35. The molecule has 0 N–H and O–H groups in total. The molecule has 6 rings (SSSR count). The molecule has 0 saturated carbocycles. The van der Waals surface area contributed by atoms with Crippen LogP contribution in [0, 0.1) is 0 Å². The molecule has 0 spiro atoms. The van der Waals surface area contributed by atoms with E-state index < -0.39 is 11.9 Å². The smallest absolute Gasteiger partial charge is 0.343 e. The third kappa shape index (κ3) is 3.88. The highest BCUT2D eigenvalue weighted by molar-refractivity contribution is 5.96. The SMILES string of the molecule is CN1CCc2cccc3c2[C@H]1Cc1ccc(OC(=O)c2ccccc2)c(OC(=O)c2ccccc2)c1-3. The van der Waals surface area contributed by atoms with Crippen LogP contribution < -0.4 is 9.47 Å². The van der Waals surface area contributed by atoms with Crippen molar-refractivity contribution in [1.29, 1.82) is 0 Å². The summed E-state index contributed by atoms with van der Waals surface area (Å²) in [6, 6.07) is 28.0. The average molecular weight is 476 g/mol. The molecule has 1 aliphatic heterocycles. The number of ether oxygens (including phenoxy) is 2. The van der Waals surface area contributed by atoms with Gasteiger partial charge in [-0.25, -0.2) is 9.59 Å². The minimum atomic E-state index is -0.504. The minimum Gasteiger partial charge on any atom is -0.419 e. The first-order chi connectivity index (χ1) is 17.6. The minimum absolute atomic E-state index is 0.229. The van der Waals surface area contributed by atoms with Gasteiger partial charge in [0.05, 0.1) is 11.1 Å². The van der Waals surface area contributed by atoms with E-state index in [0.29, 0.717) is 11.1 Å². The van der Waals surface area contributed by atoms with Crippen LogP contribution in [-0.4, -0.2) is 30.4 Å². The summed E-state index contributed by atoms with van der Waals surface area (Å²) in [4.78, 5) is 28.6. The van der Waals surface area contributed by atoms with Crippen LogP contribution in [0.1, 0.15) is 43.4 Å². The predicted molar refractivity (Wildman–Crippen MR) is 137 cm³/mol. The standard InChI is InChI=1S/C31H25NO4/c1-32-18-17-20-13-8-14-24-27(20)25(32)19-23-15-16-26(35-30(33)21-9-4-2-5-10-21)29(28(23)24)36-31(34)22-11-6-3-7-12-22/h2-16,25H,17-19H2,1H3/t25-/m1/s1. The van der Waals surface area contributed by atoms with E-state index in [1.54, 1.807) is 54.6 Å². The van der Waals surface area contributed by atoms with Crippen LogP contribution in [0.25, 0.3) is 11.1 Å². The fourth-order valence-corrected chi connectivity index (χ4v) is 5.29. The van der Waals surface area contributed by atoms with Crippen LogP contribution in [0.3, 0.4) is 0 Å². The van der Waals surface area contributed by atoms with Crippen LogP contribution >= 0.6 is 0 Å². The number of carbonyl (C=O) groups excluding carboxylic acids is 2. The van der Waals surface area contributed by atoms with Gasteiger partial charge in [-0.15, -0.1) is 0 Å². The molecule has 4 aromatic carbocycles. The van der Waals surface area contributed by atoms with Crippen LogP contribution in [0.5, 0.6) is 11.5 Å². The van der Waals surface area contributed by atoms with E-state index in [1.807, 2.05) is 18.2 Å². The molecule has 5 heteroatoms. The molecule has 0 unspecified atom stereocenters. The van der Waals surface area contributed by atoms with Crippen molar-refractivity contribution in [3.8, 4) is 22.6 Å². The number of nitrogens with zero attached hydrogens (tertiary/aromatic N) is 1. The zero-order valence-corrected chi connectivity index (χ0v) is 19.9. The van der Waals surface area contributed by atoms with Crippen molar-refractivity contribution in [2.24, 2.45) is 0 Å². The number of likely N-dealkylation sites (N-methyl/N-ethyl adjacent to an activating group) is 1. The van der Waals surface area contributed by atoms with Gasteiger partial charge in [-0.1, -0.05) is 60.7 Å². The summed E-state index contributed by atoms with van der Waals surface area (Å²) in [7, 11) is 2.15. The van der Waals surface area contributed by atoms with Gasteiger partial charge >= 0.3 is 11.9 Å². The average Bonchev–Trinajstić information content (AvgIpc) is 2.92. The van der Waals surface area contributed by atoms with Gasteiger partial charge in [0.25, 0.3) is 0 Å². The van der Waals surface area contributed by atoms with Crippen LogP contribution in [-0.2, 0) is 12.8 Å². The molecular formula is C31H25NO4. The summed E-state index contributed by atoms with van der Waals surface area (Å²) < 4.78 is 11.9. The number of hydrogen-bond acceptors (Lipinski definition) is 5. The summed E-state index contributed by atoms with van der Waals surface area (Å²) in [5.74, 6) is -0.487. The van der Waals surface area contributed by atoms with Gasteiger partial charge in [0.1, 0.15) is 0 Å². The molecule has 4 aromatic rings. The Morgan fingerprint density at radius 2 is 1.42 bits per heavy atom. The first-order valence-electron chi connectivity index (χ1n) is 12.1. The van der Waals surface area contributed by atoms with Gasteiger partial charge in [-0.3, -0.25) is 4.90 Å². The van der Waals surface area contributed by atoms with E-state index in [0.717, 1.165) is 36.1 Å². The fraction of sp³-hybridized carbons (Fsp3) is 0.161. The first kappa shape index (κ1) is 22.3. The van der Waals surface area contributed by atoms with E-state index in [9.17, 15) is 9.59 Å². The third-order valence-corrected chi connectivity index (χ3v) is 7.10. The zero-order chi connectivity index (χ0) is 24.6. The predicted octanol–water partition coefficient (Wildman–Crippen LogP) is 5.88. The maximum absolute atomic E-state index is 13.2. The van der Waals surface area contributed by atoms with Gasteiger partial charge < -0.3 is 9.47 Å². The molecule has 1 atom stereocenters. The number of benzene rings is 4. The molecular weight excluding hydrogens is 450 g/mol. The van der Waals surface area contributed by atoms with Crippen molar-refractivity contribution < 1.29 is 19.1 Å².